The first-order valence-corrected chi connectivity index (χ1v) is 7.26. The van der Waals surface area contributed by atoms with Crippen LogP contribution in [-0.2, 0) is 19.1 Å². The molecule has 0 saturated heterocycles. The minimum absolute atomic E-state index is 0.286. The lowest BCUT2D eigenvalue weighted by Crippen LogP contribution is -2.66. The van der Waals surface area contributed by atoms with Crippen molar-refractivity contribution in [2.24, 2.45) is 0 Å². The molecule has 0 aliphatic carbocycles. The molecule has 0 aromatic carbocycles. The minimum Gasteiger partial charge on any atom is -0.462 e. The highest BCUT2D eigenvalue weighted by atomic mass is 33.1. The molecule has 0 rings (SSSR count). The van der Waals surface area contributed by atoms with Crippen LogP contribution in [0.2, 0.25) is 0 Å². The fraction of sp³-hybridized carbons (Fsp3) is 0.750. The van der Waals surface area contributed by atoms with Gasteiger partial charge < -0.3 is 20.9 Å². The van der Waals surface area contributed by atoms with Gasteiger partial charge in [0.15, 0.2) is 6.04 Å². The molecule has 16 heavy (non-hydrogen) atoms. The Morgan fingerprint density at radius 2 is 2.00 bits per heavy atom. The highest BCUT2D eigenvalue weighted by Crippen LogP contribution is 2.21. The van der Waals surface area contributed by atoms with Crippen molar-refractivity contribution in [3.8, 4) is 0 Å². The Labute approximate surface area is 102 Å². The molecule has 0 heterocycles. The lowest BCUT2D eigenvalue weighted by atomic mass is 10.4. The monoisotopic (exact) mass is 270 g/mol. The number of carbonyl (C=O) groups excluding carboxylic acids is 2. The standard InChI is InChI=1S/C8H16N2O4S2/c1-2-13-8(12)6(9)3-15-16-4-7(10)14-5-11/h5-7H,2-4,9-10H2,1H3/p+2. The second-order valence-corrected chi connectivity index (χ2v) is 5.42. The molecule has 0 aliphatic heterocycles. The van der Waals surface area contributed by atoms with Gasteiger partial charge in [0.25, 0.3) is 6.47 Å². The van der Waals surface area contributed by atoms with Crippen LogP contribution in [-0.4, -0.2) is 42.8 Å². The Kier molecular flexibility index (Phi) is 9.49. The van der Waals surface area contributed by atoms with Crippen molar-refractivity contribution in [1.82, 2.24) is 0 Å². The third-order valence-electron chi connectivity index (χ3n) is 1.47. The van der Waals surface area contributed by atoms with Gasteiger partial charge in [0.1, 0.15) is 0 Å². The summed E-state index contributed by atoms with van der Waals surface area (Å²) in [6, 6.07) is -0.368. The van der Waals surface area contributed by atoms with Crippen molar-refractivity contribution >= 4 is 34.0 Å². The summed E-state index contributed by atoms with van der Waals surface area (Å²) >= 11 is 0. The van der Waals surface area contributed by atoms with Crippen LogP contribution in [0.3, 0.4) is 0 Å². The molecule has 0 aliphatic rings. The minimum atomic E-state index is -0.368. The van der Waals surface area contributed by atoms with E-state index < -0.39 is 0 Å². The number of carbonyl (C=O) groups is 2. The van der Waals surface area contributed by atoms with Gasteiger partial charge in [-0.05, 0) is 6.92 Å². The molecule has 0 saturated carbocycles. The van der Waals surface area contributed by atoms with Gasteiger partial charge in [-0.2, -0.15) is 0 Å². The molecule has 0 aromatic rings. The largest absolute Gasteiger partial charge is 0.462 e. The molecule has 0 amide bonds. The van der Waals surface area contributed by atoms with E-state index in [9.17, 15) is 9.59 Å². The zero-order valence-electron chi connectivity index (χ0n) is 9.22. The lowest BCUT2D eigenvalue weighted by Gasteiger charge is -2.07. The number of ether oxygens (including phenoxy) is 2. The SMILES string of the molecule is CCOC(=O)C([NH3+])CSSCC([NH3+])OC=O. The van der Waals surface area contributed by atoms with E-state index in [1.165, 1.54) is 21.6 Å². The predicted molar refractivity (Wildman–Crippen MR) is 62.1 cm³/mol. The molecule has 0 radical (unpaired) electrons. The second kappa shape index (κ2) is 9.76. The summed E-state index contributed by atoms with van der Waals surface area (Å²) in [5, 5.41) is 0. The number of rotatable bonds is 9. The number of quaternary nitrogens is 2. The second-order valence-electron chi connectivity index (χ2n) is 2.87. The van der Waals surface area contributed by atoms with Crippen molar-refractivity contribution in [2.45, 2.75) is 19.2 Å². The zero-order chi connectivity index (χ0) is 12.4. The van der Waals surface area contributed by atoms with Gasteiger partial charge in [-0.25, -0.2) is 4.79 Å². The van der Waals surface area contributed by atoms with E-state index in [0.717, 1.165) is 0 Å². The Hall–Kier alpha value is -0.440. The van der Waals surface area contributed by atoms with Crippen molar-refractivity contribution < 1.29 is 30.5 Å². The van der Waals surface area contributed by atoms with Crippen LogP contribution >= 0.6 is 21.6 Å². The molecule has 2 unspecified atom stereocenters. The summed E-state index contributed by atoms with van der Waals surface area (Å²) in [6.45, 7) is 2.51. The molecular formula is C8H18N2O4S2+2. The predicted octanol–water partition coefficient (Wildman–Crippen LogP) is -1.72. The molecule has 2 atom stereocenters. The first kappa shape index (κ1) is 15.6. The van der Waals surface area contributed by atoms with Crippen LogP contribution in [0.25, 0.3) is 0 Å². The van der Waals surface area contributed by atoms with Crippen LogP contribution in [0.4, 0.5) is 0 Å². The molecule has 94 valence electrons. The average Bonchev–Trinajstić information content (AvgIpc) is 2.24. The van der Waals surface area contributed by atoms with E-state index in [1.807, 2.05) is 0 Å². The van der Waals surface area contributed by atoms with Gasteiger partial charge in [-0.15, -0.1) is 0 Å². The van der Waals surface area contributed by atoms with Gasteiger partial charge in [0.2, 0.25) is 6.23 Å². The summed E-state index contributed by atoms with van der Waals surface area (Å²) in [5.74, 6) is 0.863. The normalized spacial score (nSPS) is 13.9. The Balaban J connectivity index is 3.50. The van der Waals surface area contributed by atoms with Crippen molar-refractivity contribution in [2.75, 3.05) is 18.1 Å². The van der Waals surface area contributed by atoms with E-state index in [4.69, 9.17) is 4.74 Å². The van der Waals surface area contributed by atoms with Crippen LogP contribution in [0, 0.1) is 0 Å². The number of esters is 1. The highest BCUT2D eigenvalue weighted by molar-refractivity contribution is 8.76. The van der Waals surface area contributed by atoms with E-state index in [1.54, 1.807) is 6.92 Å². The first-order chi connectivity index (χ1) is 7.61. The number of hydrogen-bond donors (Lipinski definition) is 2. The fourth-order valence-electron chi connectivity index (χ4n) is 0.700. The van der Waals surface area contributed by atoms with Gasteiger partial charge in [-0.3, -0.25) is 4.79 Å². The number of hydrogen-bond acceptors (Lipinski definition) is 6. The molecule has 0 spiro atoms. The van der Waals surface area contributed by atoms with E-state index in [2.05, 4.69) is 16.2 Å². The first-order valence-electron chi connectivity index (χ1n) is 4.78. The topological polar surface area (TPSA) is 108 Å². The third kappa shape index (κ3) is 7.80. The van der Waals surface area contributed by atoms with Crippen LogP contribution in [0.5, 0.6) is 0 Å². The maximum absolute atomic E-state index is 11.2. The quantitative estimate of drug-likeness (QED) is 0.170. The van der Waals surface area contributed by atoms with Gasteiger partial charge in [0, 0.05) is 0 Å². The summed E-state index contributed by atoms with van der Waals surface area (Å²) in [6.07, 6.45) is -0.360. The summed E-state index contributed by atoms with van der Waals surface area (Å²) in [7, 11) is 2.97. The van der Waals surface area contributed by atoms with E-state index >= 15 is 0 Å². The lowest BCUT2D eigenvalue weighted by molar-refractivity contribution is -0.470. The van der Waals surface area contributed by atoms with Gasteiger partial charge in [0.05, 0.1) is 18.1 Å². The maximum atomic E-state index is 11.2. The zero-order valence-corrected chi connectivity index (χ0v) is 10.9. The van der Waals surface area contributed by atoms with Crippen LogP contribution < -0.4 is 11.5 Å². The van der Waals surface area contributed by atoms with Gasteiger partial charge >= 0.3 is 5.97 Å². The smallest absolute Gasteiger partial charge is 0.365 e. The Morgan fingerprint density at radius 1 is 1.38 bits per heavy atom. The average molecular weight is 270 g/mol. The highest BCUT2D eigenvalue weighted by Gasteiger charge is 2.18. The van der Waals surface area contributed by atoms with Crippen molar-refractivity contribution in [1.29, 1.82) is 0 Å². The third-order valence-corrected chi connectivity index (χ3v) is 4.00. The van der Waals surface area contributed by atoms with Crippen LogP contribution in [0.1, 0.15) is 6.92 Å². The fourth-order valence-corrected chi connectivity index (χ4v) is 2.95. The Morgan fingerprint density at radius 3 is 2.56 bits per heavy atom. The Bertz CT molecular complexity index is 218. The molecule has 6 nitrogen and oxygen atoms in total. The van der Waals surface area contributed by atoms with E-state index in [0.29, 0.717) is 24.6 Å². The summed E-state index contributed by atoms with van der Waals surface area (Å²) in [4.78, 5) is 21.2. The van der Waals surface area contributed by atoms with Crippen molar-refractivity contribution in [3.05, 3.63) is 0 Å². The van der Waals surface area contributed by atoms with Crippen LogP contribution in [0.15, 0.2) is 0 Å². The summed E-state index contributed by atoms with van der Waals surface area (Å²) in [5.41, 5.74) is 7.31. The molecule has 0 bridgehead atoms. The molecule has 0 fully saturated rings. The molecule has 8 heteroatoms. The van der Waals surface area contributed by atoms with Gasteiger partial charge in [-0.1, -0.05) is 21.6 Å². The maximum Gasteiger partial charge on any atom is 0.365 e. The van der Waals surface area contributed by atoms with Crippen molar-refractivity contribution in [3.63, 3.8) is 0 Å². The molecule has 0 aromatic heterocycles. The van der Waals surface area contributed by atoms with E-state index in [-0.39, 0.29) is 18.2 Å². The molecular weight excluding hydrogens is 252 g/mol. The summed E-state index contributed by atoms with van der Waals surface area (Å²) < 4.78 is 9.41. The molecule has 6 N–H and O–H groups in total.